The van der Waals surface area contributed by atoms with E-state index in [9.17, 15) is 5.26 Å². The Kier molecular flexibility index (Phi) is 6.10. The van der Waals surface area contributed by atoms with Gasteiger partial charge in [0.25, 0.3) is 0 Å². The smallest absolute Gasteiger partial charge is 0.0998 e. The van der Waals surface area contributed by atoms with Gasteiger partial charge in [0.1, 0.15) is 0 Å². The summed E-state index contributed by atoms with van der Waals surface area (Å²) >= 11 is 0. The second-order valence-corrected chi connectivity index (χ2v) is 12.1. The van der Waals surface area contributed by atoms with Crippen molar-refractivity contribution in [3.63, 3.8) is 0 Å². The Morgan fingerprint density at radius 1 is 0.468 bits per heavy atom. The first-order valence-corrected chi connectivity index (χ1v) is 15.9. The third-order valence-corrected chi connectivity index (χ3v) is 9.52. The van der Waals surface area contributed by atoms with Gasteiger partial charge >= 0.3 is 0 Å². The summed E-state index contributed by atoms with van der Waals surface area (Å²) in [5.74, 6) is 0. The molecular weight excluding hydrogens is 571 g/mol. The molecule has 2 aromatic heterocycles. The van der Waals surface area contributed by atoms with Gasteiger partial charge < -0.3 is 9.13 Å². The molecule has 0 spiro atoms. The van der Waals surface area contributed by atoms with Crippen LogP contribution in [0.2, 0.25) is 0 Å². The number of hydrogen-bond donors (Lipinski definition) is 0. The lowest BCUT2D eigenvalue weighted by atomic mass is 9.94. The third-order valence-electron chi connectivity index (χ3n) is 9.52. The standard InChI is InChI=1S/C44H29N3/c1-29-11-10-20-43-44(29)38-15-5-9-19-42(38)46(43)33-24-21-30(22-25-33)31-23-26-34(32(27-31)28-45)35-12-2-6-16-39(35)47-40-17-7-3-13-36(40)37-14-4-8-18-41(37)47/h2-27H,1H3. The zero-order valence-electron chi connectivity index (χ0n) is 25.9. The summed E-state index contributed by atoms with van der Waals surface area (Å²) in [6.45, 7) is 2.18. The molecule has 0 aliphatic carbocycles. The van der Waals surface area contributed by atoms with Gasteiger partial charge in [0.05, 0.1) is 39.4 Å². The van der Waals surface area contributed by atoms with Crippen molar-refractivity contribution in [2.24, 2.45) is 0 Å². The quantitative estimate of drug-likeness (QED) is 0.198. The van der Waals surface area contributed by atoms with Crippen molar-refractivity contribution in [2.45, 2.75) is 6.92 Å². The van der Waals surface area contributed by atoms with Gasteiger partial charge in [0.2, 0.25) is 0 Å². The summed E-state index contributed by atoms with van der Waals surface area (Å²) in [5.41, 5.74) is 12.8. The van der Waals surface area contributed by atoms with Crippen LogP contribution in [0.15, 0.2) is 158 Å². The van der Waals surface area contributed by atoms with Crippen LogP contribution < -0.4 is 0 Å². The lowest BCUT2D eigenvalue weighted by Gasteiger charge is -2.16. The fourth-order valence-corrected chi connectivity index (χ4v) is 7.41. The highest BCUT2D eigenvalue weighted by Crippen LogP contribution is 2.39. The van der Waals surface area contributed by atoms with E-state index in [1.165, 1.54) is 38.1 Å². The van der Waals surface area contributed by atoms with E-state index in [1.54, 1.807) is 0 Å². The molecule has 0 atom stereocenters. The van der Waals surface area contributed by atoms with Gasteiger partial charge in [-0.25, -0.2) is 0 Å². The molecule has 0 aliphatic heterocycles. The van der Waals surface area contributed by atoms with Gasteiger partial charge in [-0.15, -0.1) is 0 Å². The van der Waals surface area contributed by atoms with Gasteiger partial charge in [0.15, 0.2) is 0 Å². The van der Waals surface area contributed by atoms with Crippen LogP contribution in [0.3, 0.4) is 0 Å². The minimum Gasteiger partial charge on any atom is -0.309 e. The van der Waals surface area contributed by atoms with Crippen LogP contribution in [-0.2, 0) is 0 Å². The van der Waals surface area contributed by atoms with Crippen LogP contribution in [0.25, 0.3) is 77.2 Å². The lowest BCUT2D eigenvalue weighted by Crippen LogP contribution is -1.98. The van der Waals surface area contributed by atoms with Gasteiger partial charge in [-0.3, -0.25) is 0 Å². The monoisotopic (exact) mass is 599 g/mol. The lowest BCUT2D eigenvalue weighted by molar-refractivity contribution is 1.18. The number of rotatable bonds is 4. The fourth-order valence-electron chi connectivity index (χ4n) is 7.41. The molecule has 0 amide bonds. The minimum absolute atomic E-state index is 0.651. The number of hydrogen-bond acceptors (Lipinski definition) is 1. The van der Waals surface area contributed by atoms with E-state index in [1.807, 2.05) is 6.07 Å². The first-order chi connectivity index (χ1) is 23.2. The van der Waals surface area contributed by atoms with Crippen LogP contribution in [0.5, 0.6) is 0 Å². The van der Waals surface area contributed by atoms with Gasteiger partial charge in [-0.1, -0.05) is 109 Å². The molecule has 0 bridgehead atoms. The van der Waals surface area contributed by atoms with Crippen LogP contribution in [-0.4, -0.2) is 9.13 Å². The number of nitriles is 1. The number of benzene rings is 7. The van der Waals surface area contributed by atoms with E-state index in [4.69, 9.17) is 0 Å². The molecule has 47 heavy (non-hydrogen) atoms. The topological polar surface area (TPSA) is 33.6 Å². The SMILES string of the molecule is Cc1cccc2c1c1ccccc1n2-c1ccc(-c2ccc(-c3ccccc3-n3c4ccccc4c4ccccc43)c(C#N)c2)cc1. The molecule has 0 unspecified atom stereocenters. The van der Waals surface area contributed by atoms with Crippen molar-refractivity contribution in [2.75, 3.05) is 0 Å². The van der Waals surface area contributed by atoms with Crippen LogP contribution in [0.4, 0.5) is 0 Å². The summed E-state index contributed by atoms with van der Waals surface area (Å²) in [4.78, 5) is 0. The van der Waals surface area contributed by atoms with Crippen LogP contribution in [0, 0.1) is 18.3 Å². The maximum atomic E-state index is 10.4. The maximum Gasteiger partial charge on any atom is 0.0998 e. The Balaban J connectivity index is 1.15. The number of fused-ring (bicyclic) bond motifs is 6. The highest BCUT2D eigenvalue weighted by Gasteiger charge is 2.18. The second kappa shape index (κ2) is 10.6. The van der Waals surface area contributed by atoms with Crippen molar-refractivity contribution in [1.82, 2.24) is 9.13 Å². The number of aromatic nitrogens is 2. The van der Waals surface area contributed by atoms with Crippen molar-refractivity contribution in [1.29, 1.82) is 5.26 Å². The first-order valence-electron chi connectivity index (χ1n) is 15.9. The maximum absolute atomic E-state index is 10.4. The van der Waals surface area contributed by atoms with E-state index < -0.39 is 0 Å². The number of para-hydroxylation sites is 4. The molecule has 0 fully saturated rings. The van der Waals surface area contributed by atoms with E-state index >= 15 is 0 Å². The molecule has 9 aromatic rings. The van der Waals surface area contributed by atoms with E-state index in [0.717, 1.165) is 44.7 Å². The Morgan fingerprint density at radius 3 is 1.74 bits per heavy atom. The average Bonchev–Trinajstić information content (AvgIpc) is 3.65. The molecule has 220 valence electrons. The molecule has 0 saturated carbocycles. The zero-order chi connectivity index (χ0) is 31.5. The molecule has 2 heterocycles. The first kappa shape index (κ1) is 27.0. The largest absolute Gasteiger partial charge is 0.309 e. The highest BCUT2D eigenvalue weighted by atomic mass is 15.0. The van der Waals surface area contributed by atoms with Gasteiger partial charge in [-0.2, -0.15) is 5.26 Å². The second-order valence-electron chi connectivity index (χ2n) is 12.1. The molecule has 3 nitrogen and oxygen atoms in total. The molecule has 0 aliphatic rings. The summed E-state index contributed by atoms with van der Waals surface area (Å²) < 4.78 is 4.67. The Labute approximate surface area is 272 Å². The average molecular weight is 600 g/mol. The zero-order valence-corrected chi connectivity index (χ0v) is 25.9. The van der Waals surface area contributed by atoms with Gasteiger partial charge in [-0.05, 0) is 72.1 Å². The molecule has 3 heteroatoms. The fraction of sp³-hybridized carbons (Fsp3) is 0.0227. The minimum atomic E-state index is 0.651. The Bertz CT molecular complexity index is 2640. The van der Waals surface area contributed by atoms with Crippen molar-refractivity contribution >= 4 is 43.6 Å². The highest BCUT2D eigenvalue weighted by molar-refractivity contribution is 6.11. The summed E-state index contributed by atoms with van der Waals surface area (Å²) in [6.07, 6.45) is 0. The van der Waals surface area contributed by atoms with Crippen LogP contribution >= 0.6 is 0 Å². The van der Waals surface area contributed by atoms with Crippen molar-refractivity contribution in [3.8, 4) is 39.7 Å². The molecule has 7 aromatic carbocycles. The Hall–Kier alpha value is -6.37. The number of nitrogens with zero attached hydrogens (tertiary/aromatic N) is 3. The predicted molar refractivity (Wildman–Crippen MR) is 195 cm³/mol. The van der Waals surface area contributed by atoms with Crippen LogP contribution in [0.1, 0.15) is 11.1 Å². The summed E-state index contributed by atoms with van der Waals surface area (Å²) in [7, 11) is 0. The summed E-state index contributed by atoms with van der Waals surface area (Å²) in [5, 5.41) is 15.4. The molecule has 0 N–H and O–H groups in total. The van der Waals surface area contributed by atoms with Crippen molar-refractivity contribution in [3.05, 3.63) is 169 Å². The van der Waals surface area contributed by atoms with E-state index in [2.05, 4.69) is 174 Å². The normalized spacial score (nSPS) is 11.5. The predicted octanol–water partition coefficient (Wildman–Crippen LogP) is 11.4. The Morgan fingerprint density at radius 2 is 1.04 bits per heavy atom. The summed E-state index contributed by atoms with van der Waals surface area (Å²) in [6, 6.07) is 58.0. The van der Waals surface area contributed by atoms with E-state index in [-0.39, 0.29) is 0 Å². The van der Waals surface area contributed by atoms with Gasteiger partial charge in [0, 0.05) is 38.4 Å². The van der Waals surface area contributed by atoms with E-state index in [0.29, 0.717) is 5.56 Å². The van der Waals surface area contributed by atoms with Crippen molar-refractivity contribution < 1.29 is 0 Å². The molecule has 0 radical (unpaired) electrons. The third kappa shape index (κ3) is 4.13. The molecule has 0 saturated heterocycles. The molecular formula is C44H29N3. The molecule has 9 rings (SSSR count). The number of aryl methyl sites for hydroxylation is 1.